The van der Waals surface area contributed by atoms with E-state index < -0.39 is 11.1 Å². The fourth-order valence-corrected chi connectivity index (χ4v) is 4.43. The van der Waals surface area contributed by atoms with Crippen LogP contribution in [-0.4, -0.2) is 35.0 Å². The summed E-state index contributed by atoms with van der Waals surface area (Å²) in [5, 5.41) is 1.47. The number of benzene rings is 3. The molecule has 0 radical (unpaired) electrons. The van der Waals surface area contributed by atoms with E-state index in [0.717, 1.165) is 37.5 Å². The molecule has 2 amide bonds. The summed E-state index contributed by atoms with van der Waals surface area (Å²) in [6.07, 6.45) is 1.68. The smallest absolute Gasteiger partial charge is 0.293 e. The highest BCUT2D eigenvalue weighted by Gasteiger charge is 2.36. The van der Waals surface area contributed by atoms with E-state index in [1.54, 1.807) is 30.3 Å². The average molecular weight is 496 g/mol. The van der Waals surface area contributed by atoms with Crippen molar-refractivity contribution in [1.29, 1.82) is 0 Å². The molecule has 4 rings (SSSR count). The monoisotopic (exact) mass is 495 g/mol. The van der Waals surface area contributed by atoms with Gasteiger partial charge in [-0.25, -0.2) is 0 Å². The van der Waals surface area contributed by atoms with Crippen molar-refractivity contribution in [3.63, 3.8) is 0 Å². The molecule has 1 aliphatic rings. The van der Waals surface area contributed by atoms with Crippen LogP contribution in [0.4, 0.5) is 4.79 Å². The van der Waals surface area contributed by atoms with E-state index in [1.807, 2.05) is 43.3 Å². The number of carbonyl (C=O) groups is 3. The number of amides is 2. The molecular weight excluding hydrogens is 478 g/mol. The van der Waals surface area contributed by atoms with Crippen LogP contribution in [0.25, 0.3) is 16.8 Å². The van der Waals surface area contributed by atoms with Gasteiger partial charge < -0.3 is 4.74 Å². The maximum Gasteiger partial charge on any atom is 0.293 e. The van der Waals surface area contributed by atoms with E-state index >= 15 is 0 Å². The van der Waals surface area contributed by atoms with Gasteiger partial charge in [0.2, 0.25) is 0 Å². The van der Waals surface area contributed by atoms with Crippen molar-refractivity contribution in [3.8, 4) is 5.75 Å². The van der Waals surface area contributed by atoms with Gasteiger partial charge in [-0.3, -0.25) is 19.3 Å². The van der Waals surface area contributed by atoms with Gasteiger partial charge in [-0.2, -0.15) is 0 Å². The third-order valence-electron chi connectivity index (χ3n) is 4.85. The number of nitrogens with zero attached hydrogens (tertiary/aromatic N) is 1. The minimum absolute atomic E-state index is 0.269. The lowest BCUT2D eigenvalue weighted by Gasteiger charge is -2.12. The van der Waals surface area contributed by atoms with Crippen LogP contribution in [-0.2, 0) is 4.79 Å². The van der Waals surface area contributed by atoms with Crippen LogP contribution in [0.2, 0.25) is 0 Å². The van der Waals surface area contributed by atoms with E-state index in [0.29, 0.717) is 17.9 Å². The predicted molar refractivity (Wildman–Crippen MR) is 126 cm³/mol. The van der Waals surface area contributed by atoms with Crippen LogP contribution in [0.5, 0.6) is 5.75 Å². The molecule has 1 heterocycles. The molecule has 0 aliphatic carbocycles. The number of thioether (sulfide) groups is 1. The summed E-state index contributed by atoms with van der Waals surface area (Å²) >= 11 is 4.16. The molecule has 3 aromatic rings. The molecule has 1 aliphatic heterocycles. The van der Waals surface area contributed by atoms with Crippen molar-refractivity contribution in [3.05, 3.63) is 81.2 Å². The van der Waals surface area contributed by atoms with Crippen molar-refractivity contribution in [2.24, 2.45) is 0 Å². The molecule has 0 N–H and O–H groups in total. The fraction of sp³-hybridized carbons (Fsp3) is 0.125. The maximum atomic E-state index is 13.0. The summed E-state index contributed by atoms with van der Waals surface area (Å²) in [6.45, 7) is 2.07. The van der Waals surface area contributed by atoms with Gasteiger partial charge in [0.05, 0.1) is 18.1 Å². The first-order valence-electron chi connectivity index (χ1n) is 9.66. The number of ether oxygens (including phenoxy) is 1. The number of imide groups is 1. The molecule has 3 aromatic carbocycles. The van der Waals surface area contributed by atoms with Crippen LogP contribution in [0, 0.1) is 0 Å². The second-order valence-corrected chi connectivity index (χ2v) is 8.74. The molecule has 156 valence electrons. The van der Waals surface area contributed by atoms with Gasteiger partial charge in [-0.1, -0.05) is 58.4 Å². The molecule has 7 heteroatoms. The summed E-state index contributed by atoms with van der Waals surface area (Å²) in [7, 11) is 0. The summed E-state index contributed by atoms with van der Waals surface area (Å²) < 4.78 is 6.60. The lowest BCUT2D eigenvalue weighted by Crippen LogP contribution is -2.33. The Kier molecular flexibility index (Phi) is 6.25. The maximum absolute atomic E-state index is 13.0. The number of rotatable bonds is 6. The third-order valence-corrected chi connectivity index (χ3v) is 6.28. The largest absolute Gasteiger partial charge is 0.493 e. The van der Waals surface area contributed by atoms with Crippen LogP contribution in [0.3, 0.4) is 0 Å². The van der Waals surface area contributed by atoms with Crippen LogP contribution in [0.15, 0.2) is 70.0 Å². The first-order valence-corrected chi connectivity index (χ1v) is 11.3. The van der Waals surface area contributed by atoms with Gasteiger partial charge in [-0.15, -0.1) is 0 Å². The fourth-order valence-electron chi connectivity index (χ4n) is 3.34. The van der Waals surface area contributed by atoms with E-state index in [4.69, 9.17) is 4.74 Å². The van der Waals surface area contributed by atoms with Crippen LogP contribution < -0.4 is 4.74 Å². The highest BCUT2D eigenvalue weighted by molar-refractivity contribution is 9.10. The summed E-state index contributed by atoms with van der Waals surface area (Å²) in [4.78, 5) is 39.3. The zero-order valence-electron chi connectivity index (χ0n) is 16.6. The van der Waals surface area contributed by atoms with E-state index in [9.17, 15) is 14.4 Å². The Morgan fingerprint density at radius 2 is 1.81 bits per heavy atom. The van der Waals surface area contributed by atoms with Crippen LogP contribution in [0.1, 0.15) is 22.8 Å². The zero-order chi connectivity index (χ0) is 22.0. The molecule has 0 atom stereocenters. The minimum Gasteiger partial charge on any atom is -0.493 e. The molecule has 1 fully saturated rings. The Hall–Kier alpha value is -2.90. The minimum atomic E-state index is -0.476. The summed E-state index contributed by atoms with van der Waals surface area (Å²) in [5.41, 5.74) is 1.18. The Labute approximate surface area is 192 Å². The van der Waals surface area contributed by atoms with Crippen molar-refractivity contribution in [2.75, 3.05) is 13.2 Å². The Balaban J connectivity index is 1.65. The molecule has 1 saturated heterocycles. The molecule has 31 heavy (non-hydrogen) atoms. The Bertz CT molecular complexity index is 1220. The molecule has 0 saturated carbocycles. The first kappa shape index (κ1) is 21.3. The van der Waals surface area contributed by atoms with E-state index in [2.05, 4.69) is 15.9 Å². The number of hydrogen-bond acceptors (Lipinski definition) is 5. The SMILES string of the molecule is CCOc1ccc2ccccc2c1/C=C1/SC(=O)N(CC(=O)c2ccc(Br)cc2)C1=O. The molecule has 0 aromatic heterocycles. The van der Waals surface area contributed by atoms with Gasteiger partial charge in [0.15, 0.2) is 5.78 Å². The van der Waals surface area contributed by atoms with Gasteiger partial charge in [0.1, 0.15) is 5.75 Å². The summed E-state index contributed by atoms with van der Waals surface area (Å²) in [5.74, 6) is -0.133. The van der Waals surface area contributed by atoms with Gasteiger partial charge >= 0.3 is 0 Å². The highest BCUT2D eigenvalue weighted by Crippen LogP contribution is 2.37. The number of carbonyl (C=O) groups excluding carboxylic acids is 3. The zero-order valence-corrected chi connectivity index (χ0v) is 19.0. The van der Waals surface area contributed by atoms with Crippen molar-refractivity contribution < 1.29 is 19.1 Å². The lowest BCUT2D eigenvalue weighted by atomic mass is 10.0. The third kappa shape index (κ3) is 4.43. The van der Waals surface area contributed by atoms with Gasteiger partial charge in [0, 0.05) is 15.6 Å². The quantitative estimate of drug-likeness (QED) is 0.313. The topological polar surface area (TPSA) is 63.7 Å². The van der Waals surface area contributed by atoms with Crippen molar-refractivity contribution in [2.45, 2.75) is 6.92 Å². The normalized spacial score (nSPS) is 15.2. The van der Waals surface area contributed by atoms with Crippen LogP contribution >= 0.6 is 27.7 Å². The first-order chi connectivity index (χ1) is 15.0. The Morgan fingerprint density at radius 3 is 2.55 bits per heavy atom. The predicted octanol–water partition coefficient (Wildman–Crippen LogP) is 5.92. The van der Waals surface area contributed by atoms with E-state index in [1.165, 1.54) is 0 Å². The molecule has 0 unspecified atom stereocenters. The number of ketones is 1. The second kappa shape index (κ2) is 9.08. The molecule has 0 spiro atoms. The van der Waals surface area contributed by atoms with Crippen molar-refractivity contribution >= 4 is 61.5 Å². The van der Waals surface area contributed by atoms with E-state index in [-0.39, 0.29) is 17.2 Å². The van der Waals surface area contributed by atoms with Gasteiger partial charge in [-0.05, 0) is 53.7 Å². The number of fused-ring (bicyclic) bond motifs is 1. The Morgan fingerprint density at radius 1 is 1.06 bits per heavy atom. The number of Topliss-reactive ketones (excluding diaryl/α,β-unsaturated/α-hetero) is 1. The standard InChI is InChI=1S/C24H18BrNO4S/c1-2-30-21-12-9-15-5-3-4-6-18(15)19(21)13-22-23(28)26(24(29)31-22)14-20(27)16-7-10-17(25)11-8-16/h3-13H,2,14H2,1H3/b22-13+. The molecule has 5 nitrogen and oxygen atoms in total. The average Bonchev–Trinajstić information content (AvgIpc) is 3.03. The molecule has 0 bridgehead atoms. The van der Waals surface area contributed by atoms with Crippen molar-refractivity contribution in [1.82, 2.24) is 4.90 Å². The number of hydrogen-bond donors (Lipinski definition) is 0. The lowest BCUT2D eigenvalue weighted by molar-refractivity contribution is -0.122. The number of halogens is 1. The van der Waals surface area contributed by atoms with Gasteiger partial charge in [0.25, 0.3) is 11.1 Å². The highest BCUT2D eigenvalue weighted by atomic mass is 79.9. The molecular formula is C24H18BrNO4S. The summed E-state index contributed by atoms with van der Waals surface area (Å²) in [6, 6.07) is 18.4. The second-order valence-electron chi connectivity index (χ2n) is 6.83.